The molecule has 12 heteroatoms. The second-order valence-corrected chi connectivity index (χ2v) is 8.40. The van der Waals surface area contributed by atoms with Gasteiger partial charge in [-0.1, -0.05) is 0 Å². The molecule has 1 fully saturated rings. The summed E-state index contributed by atoms with van der Waals surface area (Å²) in [5.41, 5.74) is -1.96. The minimum atomic E-state index is -4.97. The van der Waals surface area contributed by atoms with Crippen molar-refractivity contribution >= 4 is 15.9 Å². The molecule has 0 atom stereocenters. The van der Waals surface area contributed by atoms with Crippen LogP contribution in [-0.4, -0.2) is 49.7 Å². The third kappa shape index (κ3) is 4.29. The lowest BCUT2D eigenvalue weighted by Gasteiger charge is -2.34. The van der Waals surface area contributed by atoms with Gasteiger partial charge in [-0.05, 0) is 36.4 Å². The van der Waals surface area contributed by atoms with Gasteiger partial charge < -0.3 is 4.90 Å². The molecule has 1 saturated heterocycles. The smallest absolute Gasteiger partial charge is 0.336 e. The van der Waals surface area contributed by atoms with Crippen molar-refractivity contribution < 1.29 is 39.6 Å². The summed E-state index contributed by atoms with van der Waals surface area (Å²) in [5, 5.41) is 0. The average molecular weight is 452 g/mol. The lowest BCUT2D eigenvalue weighted by Crippen LogP contribution is -2.50. The van der Waals surface area contributed by atoms with Crippen LogP contribution in [0.1, 0.15) is 15.9 Å². The van der Waals surface area contributed by atoms with Crippen molar-refractivity contribution in [3.63, 3.8) is 0 Å². The molecule has 1 heterocycles. The number of benzene rings is 2. The highest BCUT2D eigenvalue weighted by molar-refractivity contribution is 7.89. The standard InChI is InChI=1S/C18H14F6N2O3S/c19-14-3-1-11(9-13(14)18(22,23)24)17(27)25-5-7-26(8-6-25)30(28,29)12-2-4-15(20)16(21)10-12/h1-4,9-10H,5-8H2. The van der Waals surface area contributed by atoms with Crippen molar-refractivity contribution in [2.45, 2.75) is 11.1 Å². The van der Waals surface area contributed by atoms with E-state index in [9.17, 15) is 39.6 Å². The van der Waals surface area contributed by atoms with E-state index < -0.39 is 50.0 Å². The molecule has 0 N–H and O–H groups in total. The zero-order chi connectivity index (χ0) is 22.3. The van der Waals surface area contributed by atoms with Gasteiger partial charge in [0.05, 0.1) is 10.5 Å². The Kier molecular flexibility index (Phi) is 5.83. The molecule has 0 aromatic heterocycles. The summed E-state index contributed by atoms with van der Waals surface area (Å²) in [4.78, 5) is 13.1. The van der Waals surface area contributed by atoms with Crippen LogP contribution in [0.25, 0.3) is 0 Å². The Balaban J connectivity index is 1.74. The first kappa shape index (κ1) is 22.1. The van der Waals surface area contributed by atoms with Crippen LogP contribution in [0, 0.1) is 17.5 Å². The van der Waals surface area contributed by atoms with Crippen LogP contribution in [0.15, 0.2) is 41.3 Å². The molecule has 0 bridgehead atoms. The Hall–Kier alpha value is -2.60. The number of halogens is 6. The molecular weight excluding hydrogens is 438 g/mol. The van der Waals surface area contributed by atoms with Gasteiger partial charge in [-0.15, -0.1) is 0 Å². The molecule has 2 aromatic carbocycles. The molecule has 0 aliphatic carbocycles. The molecule has 0 spiro atoms. The molecule has 1 amide bonds. The summed E-state index contributed by atoms with van der Waals surface area (Å²) in [5.74, 6) is -4.87. The van der Waals surface area contributed by atoms with E-state index >= 15 is 0 Å². The Morgan fingerprint density at radius 3 is 2.00 bits per heavy atom. The fourth-order valence-corrected chi connectivity index (χ4v) is 4.41. The summed E-state index contributed by atoms with van der Waals surface area (Å²) >= 11 is 0. The van der Waals surface area contributed by atoms with Crippen LogP contribution in [0.3, 0.4) is 0 Å². The number of sulfonamides is 1. The maximum atomic E-state index is 13.4. The minimum Gasteiger partial charge on any atom is -0.336 e. The van der Waals surface area contributed by atoms with E-state index in [1.165, 1.54) is 0 Å². The van der Waals surface area contributed by atoms with E-state index in [0.29, 0.717) is 24.3 Å². The van der Waals surface area contributed by atoms with Crippen molar-refractivity contribution in [1.29, 1.82) is 0 Å². The van der Waals surface area contributed by atoms with E-state index in [4.69, 9.17) is 0 Å². The third-order valence-electron chi connectivity index (χ3n) is 4.57. The molecule has 1 aliphatic heterocycles. The van der Waals surface area contributed by atoms with Crippen molar-refractivity contribution in [2.75, 3.05) is 26.2 Å². The number of nitrogens with zero attached hydrogens (tertiary/aromatic N) is 2. The molecule has 3 rings (SSSR count). The average Bonchev–Trinajstić information content (AvgIpc) is 2.69. The van der Waals surface area contributed by atoms with E-state index in [-0.39, 0.29) is 31.7 Å². The van der Waals surface area contributed by atoms with E-state index in [1.54, 1.807) is 0 Å². The molecule has 1 aliphatic rings. The maximum absolute atomic E-state index is 13.4. The Labute approximate surface area is 167 Å². The van der Waals surface area contributed by atoms with Crippen molar-refractivity contribution in [1.82, 2.24) is 9.21 Å². The first-order chi connectivity index (χ1) is 13.9. The van der Waals surface area contributed by atoms with Gasteiger partial charge in [0, 0.05) is 31.7 Å². The van der Waals surface area contributed by atoms with Crippen molar-refractivity contribution in [3.05, 3.63) is 65.0 Å². The summed E-state index contributed by atoms with van der Waals surface area (Å²) in [7, 11) is -4.16. The Bertz CT molecular complexity index is 1080. The summed E-state index contributed by atoms with van der Waals surface area (Å²) in [6.45, 7) is -0.721. The normalized spacial score (nSPS) is 16.0. The van der Waals surface area contributed by atoms with Gasteiger partial charge >= 0.3 is 6.18 Å². The van der Waals surface area contributed by atoms with Crippen LogP contribution in [-0.2, 0) is 16.2 Å². The highest BCUT2D eigenvalue weighted by atomic mass is 32.2. The third-order valence-corrected chi connectivity index (χ3v) is 6.47. The quantitative estimate of drug-likeness (QED) is 0.672. The number of hydrogen-bond donors (Lipinski definition) is 0. The van der Waals surface area contributed by atoms with E-state index in [2.05, 4.69) is 0 Å². The first-order valence-corrected chi connectivity index (χ1v) is 9.96. The molecule has 2 aromatic rings. The number of carbonyl (C=O) groups excluding carboxylic acids is 1. The predicted molar refractivity (Wildman–Crippen MR) is 92.4 cm³/mol. The van der Waals surface area contributed by atoms with Gasteiger partial charge in [0.2, 0.25) is 10.0 Å². The summed E-state index contributed by atoms with van der Waals surface area (Å²) in [6.07, 6.45) is -4.97. The fourth-order valence-electron chi connectivity index (χ4n) is 2.98. The lowest BCUT2D eigenvalue weighted by molar-refractivity contribution is -0.140. The largest absolute Gasteiger partial charge is 0.419 e. The van der Waals surface area contributed by atoms with Crippen LogP contribution in [0.2, 0.25) is 0 Å². The molecule has 30 heavy (non-hydrogen) atoms. The number of carbonyl (C=O) groups is 1. The first-order valence-electron chi connectivity index (χ1n) is 8.52. The maximum Gasteiger partial charge on any atom is 0.419 e. The van der Waals surface area contributed by atoms with Gasteiger partial charge in [-0.2, -0.15) is 17.5 Å². The zero-order valence-corrected chi connectivity index (χ0v) is 15.9. The Morgan fingerprint density at radius 1 is 0.833 bits per heavy atom. The molecule has 162 valence electrons. The second-order valence-electron chi connectivity index (χ2n) is 6.46. The van der Waals surface area contributed by atoms with Gasteiger partial charge in [0.15, 0.2) is 11.6 Å². The van der Waals surface area contributed by atoms with Crippen LogP contribution >= 0.6 is 0 Å². The lowest BCUT2D eigenvalue weighted by atomic mass is 10.1. The van der Waals surface area contributed by atoms with Crippen LogP contribution in [0.4, 0.5) is 26.3 Å². The molecule has 5 nitrogen and oxygen atoms in total. The van der Waals surface area contributed by atoms with Gasteiger partial charge in [0.25, 0.3) is 5.91 Å². The van der Waals surface area contributed by atoms with Crippen LogP contribution < -0.4 is 0 Å². The highest BCUT2D eigenvalue weighted by Gasteiger charge is 2.36. The zero-order valence-electron chi connectivity index (χ0n) is 15.1. The van der Waals surface area contributed by atoms with Crippen molar-refractivity contribution in [2.24, 2.45) is 0 Å². The van der Waals surface area contributed by atoms with Crippen LogP contribution in [0.5, 0.6) is 0 Å². The summed E-state index contributed by atoms with van der Waals surface area (Å²) < 4.78 is 104. The fraction of sp³-hybridized carbons (Fsp3) is 0.278. The van der Waals surface area contributed by atoms with Gasteiger partial charge in [0.1, 0.15) is 5.82 Å². The van der Waals surface area contributed by atoms with Gasteiger partial charge in [-0.25, -0.2) is 21.6 Å². The SMILES string of the molecule is O=C(c1ccc(F)c(C(F)(F)F)c1)N1CCN(S(=O)(=O)c2ccc(F)c(F)c2)CC1. The van der Waals surface area contributed by atoms with Gasteiger partial charge in [-0.3, -0.25) is 4.79 Å². The Morgan fingerprint density at radius 2 is 1.43 bits per heavy atom. The van der Waals surface area contributed by atoms with E-state index in [0.717, 1.165) is 21.3 Å². The molecule has 0 saturated carbocycles. The number of piperazine rings is 1. The number of alkyl halides is 3. The van der Waals surface area contributed by atoms with E-state index in [1.807, 2.05) is 0 Å². The number of amides is 1. The second kappa shape index (κ2) is 7.91. The minimum absolute atomic E-state index is 0.152. The monoisotopic (exact) mass is 452 g/mol. The number of rotatable bonds is 3. The predicted octanol–water partition coefficient (Wildman–Crippen LogP) is 3.27. The topological polar surface area (TPSA) is 57.7 Å². The summed E-state index contributed by atoms with van der Waals surface area (Å²) in [6, 6.07) is 3.98. The number of hydrogen-bond acceptors (Lipinski definition) is 3. The van der Waals surface area contributed by atoms with Crippen molar-refractivity contribution in [3.8, 4) is 0 Å². The molecule has 0 unspecified atom stereocenters. The highest BCUT2D eigenvalue weighted by Crippen LogP contribution is 2.32. The molecular formula is C18H14F6N2O3S. The molecule has 0 radical (unpaired) electrons.